The number of methoxy groups -OCH3 is 1. The zero-order valence-corrected chi connectivity index (χ0v) is 9.25. The topological polar surface area (TPSA) is 18.5 Å². The Labute approximate surface area is 89.8 Å². The SMILES string of the molecule is COc1ccccc1OCC(C)CCl. The van der Waals surface area contributed by atoms with E-state index in [4.69, 9.17) is 21.1 Å². The lowest BCUT2D eigenvalue weighted by molar-refractivity contribution is 0.258. The van der Waals surface area contributed by atoms with Crippen molar-refractivity contribution >= 4 is 11.6 Å². The average Bonchev–Trinajstić information content (AvgIpc) is 2.26. The van der Waals surface area contributed by atoms with Crippen LogP contribution in [0, 0.1) is 5.92 Å². The van der Waals surface area contributed by atoms with E-state index in [1.807, 2.05) is 31.2 Å². The van der Waals surface area contributed by atoms with Crippen molar-refractivity contribution in [1.29, 1.82) is 0 Å². The smallest absolute Gasteiger partial charge is 0.161 e. The maximum atomic E-state index is 5.68. The molecule has 1 atom stereocenters. The van der Waals surface area contributed by atoms with Crippen molar-refractivity contribution in [2.24, 2.45) is 5.92 Å². The Hall–Kier alpha value is -0.890. The Morgan fingerprint density at radius 2 is 1.93 bits per heavy atom. The fraction of sp³-hybridized carbons (Fsp3) is 0.455. The molecule has 0 N–H and O–H groups in total. The first-order valence-electron chi connectivity index (χ1n) is 4.59. The van der Waals surface area contributed by atoms with E-state index >= 15 is 0 Å². The summed E-state index contributed by atoms with van der Waals surface area (Å²) < 4.78 is 10.7. The Morgan fingerprint density at radius 1 is 1.29 bits per heavy atom. The third-order valence-electron chi connectivity index (χ3n) is 1.86. The Bertz CT molecular complexity index is 276. The number of hydrogen-bond donors (Lipinski definition) is 0. The van der Waals surface area contributed by atoms with Crippen molar-refractivity contribution in [3.8, 4) is 11.5 Å². The molecule has 0 saturated carbocycles. The van der Waals surface area contributed by atoms with E-state index in [1.165, 1.54) is 0 Å². The predicted molar refractivity (Wildman–Crippen MR) is 58.4 cm³/mol. The van der Waals surface area contributed by atoms with Gasteiger partial charge in [0.05, 0.1) is 13.7 Å². The zero-order chi connectivity index (χ0) is 10.4. The summed E-state index contributed by atoms with van der Waals surface area (Å²) in [5.74, 6) is 2.48. The van der Waals surface area contributed by atoms with Crippen LogP contribution in [-0.4, -0.2) is 19.6 Å². The van der Waals surface area contributed by atoms with Crippen LogP contribution in [0.25, 0.3) is 0 Å². The van der Waals surface area contributed by atoms with Crippen LogP contribution in [0.5, 0.6) is 11.5 Å². The van der Waals surface area contributed by atoms with Gasteiger partial charge in [-0.25, -0.2) is 0 Å². The summed E-state index contributed by atoms with van der Waals surface area (Å²) in [6, 6.07) is 7.60. The highest BCUT2D eigenvalue weighted by molar-refractivity contribution is 6.18. The van der Waals surface area contributed by atoms with E-state index in [2.05, 4.69) is 0 Å². The fourth-order valence-corrected chi connectivity index (χ4v) is 1.10. The van der Waals surface area contributed by atoms with Crippen LogP contribution in [-0.2, 0) is 0 Å². The van der Waals surface area contributed by atoms with Gasteiger partial charge < -0.3 is 9.47 Å². The number of para-hydroxylation sites is 2. The highest BCUT2D eigenvalue weighted by atomic mass is 35.5. The Morgan fingerprint density at radius 3 is 2.50 bits per heavy atom. The molecule has 1 aromatic carbocycles. The predicted octanol–water partition coefficient (Wildman–Crippen LogP) is 2.95. The molecule has 0 bridgehead atoms. The lowest BCUT2D eigenvalue weighted by Gasteiger charge is -2.12. The quantitative estimate of drug-likeness (QED) is 0.702. The first-order valence-corrected chi connectivity index (χ1v) is 5.13. The molecule has 0 amide bonds. The van der Waals surface area contributed by atoms with E-state index in [1.54, 1.807) is 7.11 Å². The minimum absolute atomic E-state index is 0.349. The summed E-state index contributed by atoms with van der Waals surface area (Å²) in [6.45, 7) is 2.66. The van der Waals surface area contributed by atoms with Crippen molar-refractivity contribution in [2.75, 3.05) is 19.6 Å². The molecule has 0 spiro atoms. The van der Waals surface area contributed by atoms with Gasteiger partial charge in [-0.1, -0.05) is 19.1 Å². The normalized spacial score (nSPS) is 12.2. The second-order valence-corrected chi connectivity index (χ2v) is 3.53. The van der Waals surface area contributed by atoms with Gasteiger partial charge in [0.25, 0.3) is 0 Å². The molecular weight excluding hydrogens is 200 g/mol. The molecule has 0 radical (unpaired) electrons. The minimum Gasteiger partial charge on any atom is -0.493 e. The molecule has 0 saturated heterocycles. The maximum Gasteiger partial charge on any atom is 0.161 e. The lowest BCUT2D eigenvalue weighted by Crippen LogP contribution is -2.10. The molecule has 1 unspecified atom stereocenters. The molecule has 1 rings (SSSR count). The molecule has 0 fully saturated rings. The van der Waals surface area contributed by atoms with Crippen LogP contribution in [0.4, 0.5) is 0 Å². The summed E-state index contributed by atoms with van der Waals surface area (Å²) in [6.07, 6.45) is 0. The lowest BCUT2D eigenvalue weighted by atomic mass is 10.2. The number of rotatable bonds is 5. The summed E-state index contributed by atoms with van der Waals surface area (Å²) in [7, 11) is 1.63. The van der Waals surface area contributed by atoms with Crippen molar-refractivity contribution in [2.45, 2.75) is 6.92 Å². The molecule has 14 heavy (non-hydrogen) atoms. The van der Waals surface area contributed by atoms with Crippen molar-refractivity contribution in [1.82, 2.24) is 0 Å². The van der Waals surface area contributed by atoms with Crippen LogP contribution in [0.15, 0.2) is 24.3 Å². The highest BCUT2D eigenvalue weighted by Gasteiger charge is 2.05. The molecule has 0 heterocycles. The van der Waals surface area contributed by atoms with Gasteiger partial charge in [0.1, 0.15) is 0 Å². The fourth-order valence-electron chi connectivity index (χ4n) is 1.01. The molecule has 0 aliphatic heterocycles. The third-order valence-corrected chi connectivity index (χ3v) is 2.38. The van der Waals surface area contributed by atoms with E-state index < -0.39 is 0 Å². The van der Waals surface area contributed by atoms with E-state index in [9.17, 15) is 0 Å². The molecular formula is C11H15ClO2. The molecule has 2 nitrogen and oxygen atoms in total. The molecule has 0 aliphatic rings. The van der Waals surface area contributed by atoms with Crippen LogP contribution >= 0.6 is 11.6 Å². The van der Waals surface area contributed by atoms with E-state index in [0.717, 1.165) is 11.5 Å². The van der Waals surface area contributed by atoms with Crippen molar-refractivity contribution in [3.05, 3.63) is 24.3 Å². The summed E-state index contributed by atoms with van der Waals surface area (Å²) >= 11 is 5.68. The van der Waals surface area contributed by atoms with Crippen LogP contribution in [0.1, 0.15) is 6.92 Å². The van der Waals surface area contributed by atoms with Crippen LogP contribution in [0.3, 0.4) is 0 Å². The van der Waals surface area contributed by atoms with Gasteiger partial charge in [0.15, 0.2) is 11.5 Å². The molecule has 0 aromatic heterocycles. The molecule has 0 aliphatic carbocycles. The van der Waals surface area contributed by atoms with Gasteiger partial charge in [-0.2, -0.15) is 0 Å². The monoisotopic (exact) mass is 214 g/mol. The summed E-state index contributed by atoms with van der Waals surface area (Å²) in [5, 5.41) is 0. The summed E-state index contributed by atoms with van der Waals surface area (Å²) in [4.78, 5) is 0. The number of hydrogen-bond acceptors (Lipinski definition) is 2. The number of benzene rings is 1. The second-order valence-electron chi connectivity index (χ2n) is 3.22. The van der Waals surface area contributed by atoms with Crippen molar-refractivity contribution < 1.29 is 9.47 Å². The standard InChI is InChI=1S/C11H15ClO2/c1-9(7-12)8-14-11-6-4-3-5-10(11)13-2/h3-6,9H,7-8H2,1-2H3. The highest BCUT2D eigenvalue weighted by Crippen LogP contribution is 2.26. The van der Waals surface area contributed by atoms with E-state index in [-0.39, 0.29) is 0 Å². The van der Waals surface area contributed by atoms with Gasteiger partial charge in [-0.15, -0.1) is 11.6 Å². The van der Waals surface area contributed by atoms with Gasteiger partial charge >= 0.3 is 0 Å². The van der Waals surface area contributed by atoms with E-state index in [0.29, 0.717) is 18.4 Å². The first-order chi connectivity index (χ1) is 6.77. The van der Waals surface area contributed by atoms with Crippen molar-refractivity contribution in [3.63, 3.8) is 0 Å². The number of alkyl halides is 1. The van der Waals surface area contributed by atoms with Gasteiger partial charge in [0, 0.05) is 11.8 Å². The number of ether oxygens (including phenoxy) is 2. The molecule has 78 valence electrons. The zero-order valence-electron chi connectivity index (χ0n) is 8.50. The van der Waals surface area contributed by atoms with Crippen LogP contribution in [0.2, 0.25) is 0 Å². The van der Waals surface area contributed by atoms with Gasteiger partial charge in [0.2, 0.25) is 0 Å². The second kappa shape index (κ2) is 5.76. The van der Waals surface area contributed by atoms with Crippen LogP contribution < -0.4 is 9.47 Å². The number of halogens is 1. The molecule has 1 aromatic rings. The minimum atomic E-state index is 0.349. The van der Waals surface area contributed by atoms with Gasteiger partial charge in [-0.3, -0.25) is 0 Å². The Kier molecular flexibility index (Phi) is 4.60. The largest absolute Gasteiger partial charge is 0.493 e. The first kappa shape index (κ1) is 11.2. The average molecular weight is 215 g/mol. The summed E-state index contributed by atoms with van der Waals surface area (Å²) in [5.41, 5.74) is 0. The third kappa shape index (κ3) is 3.11. The van der Waals surface area contributed by atoms with Gasteiger partial charge in [-0.05, 0) is 12.1 Å². The maximum absolute atomic E-state index is 5.68. The molecule has 3 heteroatoms. The Balaban J connectivity index is 2.57.